The Morgan fingerprint density at radius 1 is 1.15 bits per heavy atom. The minimum absolute atomic E-state index is 0.154. The lowest BCUT2D eigenvalue weighted by molar-refractivity contribution is 0.120. The molecule has 3 aromatic heterocycles. The molecule has 4 heterocycles. The molecule has 1 fully saturated rings. The molecule has 1 atom stereocenters. The minimum Gasteiger partial charge on any atom is -0.497 e. The van der Waals surface area contributed by atoms with Gasteiger partial charge in [-0.2, -0.15) is 10.1 Å². The third-order valence-corrected chi connectivity index (χ3v) is 6.37. The average molecular weight is 449 g/mol. The Bertz CT molecular complexity index is 1290. The van der Waals surface area contributed by atoms with E-state index in [0.29, 0.717) is 29.8 Å². The zero-order valence-electron chi connectivity index (χ0n) is 19.0. The van der Waals surface area contributed by atoms with Gasteiger partial charge in [0.25, 0.3) is 5.56 Å². The first-order valence-electron chi connectivity index (χ1n) is 11.4. The van der Waals surface area contributed by atoms with E-state index in [1.807, 2.05) is 24.3 Å². The normalized spacial score (nSPS) is 17.0. The highest BCUT2D eigenvalue weighted by atomic mass is 16.5. The zero-order chi connectivity index (χ0) is 22.8. The molecule has 9 nitrogen and oxygen atoms in total. The van der Waals surface area contributed by atoms with Gasteiger partial charge in [-0.05, 0) is 56.1 Å². The number of piperidine rings is 1. The summed E-state index contributed by atoms with van der Waals surface area (Å²) in [6, 6.07) is 9.96. The highest BCUT2D eigenvalue weighted by molar-refractivity contribution is 5.66. The smallest absolute Gasteiger partial charge is 0.277 e. The van der Waals surface area contributed by atoms with Crippen LogP contribution in [-0.4, -0.2) is 48.9 Å². The standard InChI is InChI=1S/C24H28N6O3/c1-3-18-6-4-5-11-28(18)16-23-25-22(27-33-23)15-29-12-13-30-21(24(29)31)14-20(26-30)17-7-9-19(32-2)10-8-17/h7-10,12-14,18H,3-6,11,15-16H2,1-2H3. The second kappa shape index (κ2) is 9.19. The molecule has 0 bridgehead atoms. The molecular weight excluding hydrogens is 420 g/mol. The molecule has 1 aromatic carbocycles. The van der Waals surface area contributed by atoms with Crippen molar-refractivity contribution in [2.45, 2.75) is 51.7 Å². The maximum atomic E-state index is 13.1. The number of fused-ring (bicyclic) bond motifs is 1. The lowest BCUT2D eigenvalue weighted by atomic mass is 10.0. The van der Waals surface area contributed by atoms with Crippen LogP contribution in [0.25, 0.3) is 16.8 Å². The van der Waals surface area contributed by atoms with Crippen LogP contribution in [0.4, 0.5) is 0 Å². The summed E-state index contributed by atoms with van der Waals surface area (Å²) in [5, 5.41) is 8.65. The summed E-state index contributed by atoms with van der Waals surface area (Å²) in [7, 11) is 1.63. The zero-order valence-corrected chi connectivity index (χ0v) is 19.0. The number of nitrogens with zero attached hydrogens (tertiary/aromatic N) is 6. The minimum atomic E-state index is -0.154. The predicted octanol–water partition coefficient (Wildman–Crippen LogP) is 3.37. The van der Waals surface area contributed by atoms with Crippen LogP contribution in [0.2, 0.25) is 0 Å². The largest absolute Gasteiger partial charge is 0.497 e. The molecule has 1 aliphatic heterocycles. The summed E-state index contributed by atoms with van der Waals surface area (Å²) in [4.78, 5) is 20.0. The van der Waals surface area contributed by atoms with Gasteiger partial charge >= 0.3 is 0 Å². The van der Waals surface area contributed by atoms with Crippen LogP contribution in [0.15, 0.2) is 52.0 Å². The van der Waals surface area contributed by atoms with Crippen molar-refractivity contribution < 1.29 is 9.26 Å². The first-order valence-corrected chi connectivity index (χ1v) is 11.4. The van der Waals surface area contributed by atoms with Crippen molar-refractivity contribution in [1.82, 2.24) is 29.2 Å². The van der Waals surface area contributed by atoms with Crippen LogP contribution in [0.3, 0.4) is 0 Å². The Morgan fingerprint density at radius 3 is 2.79 bits per heavy atom. The summed E-state index contributed by atoms with van der Waals surface area (Å²) in [5.74, 6) is 1.87. The first-order chi connectivity index (χ1) is 16.1. The van der Waals surface area contributed by atoms with Crippen LogP contribution < -0.4 is 10.3 Å². The Hall–Kier alpha value is -3.46. The Balaban J connectivity index is 1.34. The van der Waals surface area contributed by atoms with E-state index in [0.717, 1.165) is 30.0 Å². The number of aromatic nitrogens is 5. The van der Waals surface area contributed by atoms with E-state index in [-0.39, 0.29) is 12.1 Å². The maximum absolute atomic E-state index is 13.1. The summed E-state index contributed by atoms with van der Waals surface area (Å²) >= 11 is 0. The molecule has 1 aliphatic rings. The summed E-state index contributed by atoms with van der Waals surface area (Å²) in [6.07, 6.45) is 8.30. The van der Waals surface area contributed by atoms with Crippen LogP contribution in [0.1, 0.15) is 44.3 Å². The highest BCUT2D eigenvalue weighted by Gasteiger charge is 2.23. The SMILES string of the molecule is CCC1CCCCN1Cc1nc(Cn2ccn3nc(-c4ccc(OC)cc4)cc3c2=O)no1. The van der Waals surface area contributed by atoms with E-state index in [1.54, 1.807) is 34.7 Å². The number of ether oxygens (including phenoxy) is 1. The fraction of sp³-hybridized carbons (Fsp3) is 0.417. The lowest BCUT2D eigenvalue weighted by Gasteiger charge is -2.33. The maximum Gasteiger partial charge on any atom is 0.277 e. The fourth-order valence-corrected chi connectivity index (χ4v) is 4.53. The van der Waals surface area contributed by atoms with E-state index < -0.39 is 0 Å². The molecule has 5 rings (SSSR count). The van der Waals surface area contributed by atoms with E-state index in [4.69, 9.17) is 9.26 Å². The molecule has 1 saturated heterocycles. The Morgan fingerprint density at radius 2 is 2.00 bits per heavy atom. The molecule has 0 N–H and O–H groups in total. The number of methoxy groups -OCH3 is 1. The van der Waals surface area contributed by atoms with E-state index in [1.165, 1.54) is 19.3 Å². The number of hydrogen-bond acceptors (Lipinski definition) is 7. The van der Waals surface area contributed by atoms with Crippen molar-refractivity contribution in [2.75, 3.05) is 13.7 Å². The molecule has 1 unspecified atom stereocenters. The van der Waals surface area contributed by atoms with Crippen LogP contribution in [0, 0.1) is 0 Å². The first kappa shape index (κ1) is 21.4. The highest BCUT2D eigenvalue weighted by Crippen LogP contribution is 2.22. The van der Waals surface area contributed by atoms with E-state index in [9.17, 15) is 4.79 Å². The van der Waals surface area contributed by atoms with Crippen LogP contribution in [0.5, 0.6) is 5.75 Å². The van der Waals surface area contributed by atoms with Gasteiger partial charge in [0.1, 0.15) is 11.3 Å². The van der Waals surface area contributed by atoms with Crippen molar-refractivity contribution in [3.8, 4) is 17.0 Å². The number of hydrogen-bond donors (Lipinski definition) is 0. The van der Waals surface area contributed by atoms with Gasteiger partial charge in [-0.1, -0.05) is 18.5 Å². The van der Waals surface area contributed by atoms with Gasteiger partial charge in [-0.15, -0.1) is 0 Å². The molecule has 0 aliphatic carbocycles. The van der Waals surface area contributed by atoms with Crippen LogP contribution >= 0.6 is 0 Å². The second-order valence-electron chi connectivity index (χ2n) is 8.45. The second-order valence-corrected chi connectivity index (χ2v) is 8.45. The predicted molar refractivity (Wildman–Crippen MR) is 123 cm³/mol. The van der Waals surface area contributed by atoms with Gasteiger partial charge < -0.3 is 13.8 Å². The quantitative estimate of drug-likeness (QED) is 0.428. The summed E-state index contributed by atoms with van der Waals surface area (Å²) < 4.78 is 13.9. The summed E-state index contributed by atoms with van der Waals surface area (Å²) in [5.41, 5.74) is 1.97. The molecule has 172 valence electrons. The van der Waals surface area contributed by atoms with Crippen molar-refractivity contribution >= 4 is 5.52 Å². The van der Waals surface area contributed by atoms with Crippen molar-refractivity contribution in [2.24, 2.45) is 0 Å². The van der Waals surface area contributed by atoms with Crippen molar-refractivity contribution in [1.29, 1.82) is 0 Å². The fourth-order valence-electron chi connectivity index (χ4n) is 4.53. The van der Waals surface area contributed by atoms with Gasteiger partial charge in [-0.25, -0.2) is 4.52 Å². The molecule has 0 radical (unpaired) electrons. The molecule has 9 heteroatoms. The number of likely N-dealkylation sites (tertiary alicyclic amines) is 1. The monoisotopic (exact) mass is 448 g/mol. The van der Waals surface area contributed by atoms with Gasteiger partial charge in [0, 0.05) is 24.0 Å². The van der Waals surface area contributed by atoms with Gasteiger partial charge in [0.2, 0.25) is 5.89 Å². The Labute approximate surface area is 191 Å². The molecule has 4 aromatic rings. The molecule has 33 heavy (non-hydrogen) atoms. The third kappa shape index (κ3) is 4.41. The van der Waals surface area contributed by atoms with Crippen LogP contribution in [-0.2, 0) is 13.1 Å². The van der Waals surface area contributed by atoms with Gasteiger partial charge in [0.05, 0.1) is 25.9 Å². The number of rotatable bonds is 7. The lowest BCUT2D eigenvalue weighted by Crippen LogP contribution is -2.38. The Kier molecular flexibility index (Phi) is 5.95. The van der Waals surface area contributed by atoms with Crippen molar-refractivity contribution in [3.05, 3.63) is 64.8 Å². The van der Waals surface area contributed by atoms with Gasteiger partial charge in [0.15, 0.2) is 5.82 Å². The summed E-state index contributed by atoms with van der Waals surface area (Å²) in [6.45, 7) is 4.19. The topological polar surface area (TPSA) is 90.7 Å². The average Bonchev–Trinajstić information content (AvgIpc) is 3.49. The number of benzene rings is 1. The third-order valence-electron chi connectivity index (χ3n) is 6.37. The molecule has 0 amide bonds. The van der Waals surface area contributed by atoms with E-state index in [2.05, 4.69) is 27.1 Å². The van der Waals surface area contributed by atoms with Crippen molar-refractivity contribution in [3.63, 3.8) is 0 Å². The molecular formula is C24H28N6O3. The van der Waals surface area contributed by atoms with Gasteiger partial charge in [-0.3, -0.25) is 9.69 Å². The van der Waals surface area contributed by atoms with E-state index >= 15 is 0 Å². The molecule has 0 saturated carbocycles. The molecule has 0 spiro atoms.